The van der Waals surface area contributed by atoms with Gasteiger partial charge in [-0.2, -0.15) is 0 Å². The number of nitrogens with zero attached hydrogens (tertiary/aromatic N) is 1. The lowest BCUT2D eigenvalue weighted by molar-refractivity contribution is 0.0953. The third-order valence-corrected chi connectivity index (χ3v) is 2.74. The van der Waals surface area contributed by atoms with Gasteiger partial charge in [0.2, 0.25) is 0 Å². The number of aromatic nitrogens is 2. The van der Waals surface area contributed by atoms with Gasteiger partial charge in [0.15, 0.2) is 0 Å². The Bertz CT molecular complexity index is 733. The SMILES string of the molecule is Nc1ccccc1C(=O)NCCn1ccc(=O)[nH]c1=O. The Morgan fingerprint density at radius 2 is 2.00 bits per heavy atom. The van der Waals surface area contributed by atoms with Crippen LogP contribution in [0.1, 0.15) is 10.4 Å². The van der Waals surface area contributed by atoms with Crippen LogP contribution in [0.5, 0.6) is 0 Å². The van der Waals surface area contributed by atoms with Crippen molar-refractivity contribution in [2.24, 2.45) is 0 Å². The molecule has 0 spiro atoms. The lowest BCUT2D eigenvalue weighted by atomic mass is 10.2. The monoisotopic (exact) mass is 274 g/mol. The number of H-pyrrole nitrogens is 1. The van der Waals surface area contributed by atoms with Gasteiger partial charge in [0, 0.05) is 31.0 Å². The van der Waals surface area contributed by atoms with Crippen LogP contribution >= 0.6 is 0 Å². The molecule has 1 aromatic carbocycles. The van der Waals surface area contributed by atoms with Crippen molar-refractivity contribution < 1.29 is 4.79 Å². The largest absolute Gasteiger partial charge is 0.398 e. The highest BCUT2D eigenvalue weighted by Gasteiger charge is 2.07. The van der Waals surface area contributed by atoms with E-state index in [4.69, 9.17) is 5.73 Å². The zero-order valence-corrected chi connectivity index (χ0v) is 10.6. The van der Waals surface area contributed by atoms with Crippen molar-refractivity contribution in [2.75, 3.05) is 12.3 Å². The summed E-state index contributed by atoms with van der Waals surface area (Å²) in [7, 11) is 0. The smallest absolute Gasteiger partial charge is 0.328 e. The van der Waals surface area contributed by atoms with Crippen molar-refractivity contribution >= 4 is 11.6 Å². The van der Waals surface area contributed by atoms with Crippen LogP contribution in [0, 0.1) is 0 Å². The van der Waals surface area contributed by atoms with Gasteiger partial charge in [-0.3, -0.25) is 19.1 Å². The second-order valence-electron chi connectivity index (χ2n) is 4.15. The van der Waals surface area contributed by atoms with Crippen LogP contribution in [-0.2, 0) is 6.54 Å². The molecule has 1 aromatic heterocycles. The van der Waals surface area contributed by atoms with E-state index in [2.05, 4.69) is 10.3 Å². The van der Waals surface area contributed by atoms with E-state index < -0.39 is 11.2 Å². The van der Waals surface area contributed by atoms with Crippen molar-refractivity contribution in [2.45, 2.75) is 6.54 Å². The van der Waals surface area contributed by atoms with Crippen molar-refractivity contribution in [3.8, 4) is 0 Å². The average molecular weight is 274 g/mol. The summed E-state index contributed by atoms with van der Waals surface area (Å²) in [5.41, 5.74) is 5.51. The molecule has 2 aromatic rings. The van der Waals surface area contributed by atoms with Crippen LogP contribution in [0.15, 0.2) is 46.1 Å². The fourth-order valence-electron chi connectivity index (χ4n) is 1.71. The summed E-state index contributed by atoms with van der Waals surface area (Å²) in [6.07, 6.45) is 1.38. The van der Waals surface area contributed by atoms with E-state index in [1.165, 1.54) is 16.8 Å². The molecule has 1 heterocycles. The molecule has 0 atom stereocenters. The van der Waals surface area contributed by atoms with Gasteiger partial charge in [0.25, 0.3) is 11.5 Å². The molecule has 0 unspecified atom stereocenters. The maximum Gasteiger partial charge on any atom is 0.328 e. The summed E-state index contributed by atoms with van der Waals surface area (Å²) < 4.78 is 1.30. The summed E-state index contributed by atoms with van der Waals surface area (Å²) >= 11 is 0. The minimum absolute atomic E-state index is 0.249. The van der Waals surface area contributed by atoms with Crippen LogP contribution in [0.25, 0.3) is 0 Å². The lowest BCUT2D eigenvalue weighted by Gasteiger charge is -2.08. The lowest BCUT2D eigenvalue weighted by Crippen LogP contribution is -2.34. The molecular formula is C13H14N4O3. The number of nitrogens with two attached hydrogens (primary N) is 1. The molecule has 1 amide bonds. The van der Waals surface area contributed by atoms with Gasteiger partial charge in [-0.15, -0.1) is 0 Å². The molecule has 0 bridgehead atoms. The first kappa shape index (κ1) is 13.6. The molecule has 7 nitrogen and oxygen atoms in total. The van der Waals surface area contributed by atoms with Gasteiger partial charge >= 0.3 is 5.69 Å². The van der Waals surface area contributed by atoms with Gasteiger partial charge in [-0.25, -0.2) is 4.79 Å². The van der Waals surface area contributed by atoms with Gasteiger partial charge in [-0.1, -0.05) is 12.1 Å². The number of anilines is 1. The summed E-state index contributed by atoms with van der Waals surface area (Å²) in [6.45, 7) is 0.507. The van der Waals surface area contributed by atoms with Crippen LogP contribution in [0.3, 0.4) is 0 Å². The molecule has 4 N–H and O–H groups in total. The van der Waals surface area contributed by atoms with Gasteiger partial charge in [0.05, 0.1) is 5.56 Å². The van der Waals surface area contributed by atoms with Crippen LogP contribution < -0.4 is 22.3 Å². The van der Waals surface area contributed by atoms with E-state index in [1.807, 2.05) is 0 Å². The standard InChI is InChI=1S/C13H14N4O3/c14-10-4-2-1-3-9(10)12(19)15-6-8-17-7-5-11(18)16-13(17)20/h1-5,7H,6,8,14H2,(H,15,19)(H,16,18,20). The summed E-state index contributed by atoms with van der Waals surface area (Å²) in [4.78, 5) is 36.3. The number of rotatable bonds is 4. The highest BCUT2D eigenvalue weighted by molar-refractivity contribution is 5.98. The number of aromatic amines is 1. The number of hydrogen-bond acceptors (Lipinski definition) is 4. The number of carbonyl (C=O) groups excluding carboxylic acids is 1. The summed E-state index contributed by atoms with van der Waals surface area (Å²) in [5.74, 6) is -0.305. The first-order chi connectivity index (χ1) is 9.58. The fourth-order valence-corrected chi connectivity index (χ4v) is 1.71. The Hall–Kier alpha value is -2.83. The Balaban J connectivity index is 1.96. The molecule has 0 aliphatic heterocycles. The molecule has 0 radical (unpaired) electrons. The van der Waals surface area contributed by atoms with Crippen LogP contribution in [0.2, 0.25) is 0 Å². The Labute approximate surface area is 114 Å². The number of hydrogen-bond donors (Lipinski definition) is 3. The molecule has 0 aliphatic carbocycles. The van der Waals surface area contributed by atoms with E-state index in [9.17, 15) is 14.4 Å². The molecular weight excluding hydrogens is 260 g/mol. The first-order valence-electron chi connectivity index (χ1n) is 6.00. The van der Waals surface area contributed by atoms with Crippen molar-refractivity contribution in [1.29, 1.82) is 0 Å². The normalized spacial score (nSPS) is 10.2. The maximum absolute atomic E-state index is 11.9. The maximum atomic E-state index is 11.9. The Morgan fingerprint density at radius 1 is 1.25 bits per heavy atom. The molecule has 20 heavy (non-hydrogen) atoms. The molecule has 0 saturated heterocycles. The predicted molar refractivity (Wildman–Crippen MR) is 74.5 cm³/mol. The number of benzene rings is 1. The highest BCUT2D eigenvalue weighted by Crippen LogP contribution is 2.09. The minimum atomic E-state index is -0.508. The van der Waals surface area contributed by atoms with E-state index in [0.717, 1.165) is 0 Å². The van der Waals surface area contributed by atoms with Crippen molar-refractivity contribution in [3.05, 3.63) is 62.9 Å². The molecule has 0 aliphatic rings. The first-order valence-corrected chi connectivity index (χ1v) is 6.00. The van der Waals surface area contributed by atoms with Crippen molar-refractivity contribution in [3.63, 3.8) is 0 Å². The van der Waals surface area contributed by atoms with Gasteiger partial charge in [0.1, 0.15) is 0 Å². The predicted octanol–water partition coefficient (Wildman–Crippen LogP) is -0.451. The average Bonchev–Trinajstić information content (AvgIpc) is 2.41. The fraction of sp³-hybridized carbons (Fsp3) is 0.154. The number of carbonyl (C=O) groups is 1. The van der Waals surface area contributed by atoms with Gasteiger partial charge in [-0.05, 0) is 12.1 Å². The Morgan fingerprint density at radius 3 is 2.70 bits per heavy atom. The number of amides is 1. The molecule has 7 heteroatoms. The quantitative estimate of drug-likeness (QED) is 0.656. The van der Waals surface area contributed by atoms with Crippen LogP contribution in [-0.4, -0.2) is 22.0 Å². The topological polar surface area (TPSA) is 110 Å². The van der Waals surface area contributed by atoms with Crippen LogP contribution in [0.4, 0.5) is 5.69 Å². The third-order valence-electron chi connectivity index (χ3n) is 2.74. The van der Waals surface area contributed by atoms with E-state index >= 15 is 0 Å². The summed E-state index contributed by atoms with van der Waals surface area (Å²) in [5, 5.41) is 2.66. The molecule has 2 rings (SSSR count). The van der Waals surface area contributed by atoms with E-state index in [1.54, 1.807) is 24.3 Å². The number of nitrogen functional groups attached to an aromatic ring is 1. The third kappa shape index (κ3) is 3.14. The zero-order chi connectivity index (χ0) is 14.5. The minimum Gasteiger partial charge on any atom is -0.398 e. The number of para-hydroxylation sites is 1. The Kier molecular flexibility index (Phi) is 3.99. The molecule has 0 fully saturated rings. The van der Waals surface area contributed by atoms with Crippen molar-refractivity contribution in [1.82, 2.24) is 14.9 Å². The van der Waals surface area contributed by atoms with Gasteiger partial charge < -0.3 is 11.1 Å². The zero-order valence-electron chi connectivity index (χ0n) is 10.6. The summed E-state index contributed by atoms with van der Waals surface area (Å²) in [6, 6.07) is 7.97. The van der Waals surface area contributed by atoms with E-state index in [0.29, 0.717) is 11.3 Å². The second kappa shape index (κ2) is 5.87. The highest BCUT2D eigenvalue weighted by atomic mass is 16.2. The van der Waals surface area contributed by atoms with E-state index in [-0.39, 0.29) is 19.0 Å². The number of nitrogens with one attached hydrogen (secondary N) is 2. The molecule has 0 saturated carbocycles. The molecule has 104 valence electrons. The second-order valence-corrected chi connectivity index (χ2v) is 4.15.